The van der Waals surface area contributed by atoms with Crippen LogP contribution in [0.4, 0.5) is 10.3 Å². The summed E-state index contributed by atoms with van der Waals surface area (Å²) in [5.74, 6) is -0.235. The third-order valence-electron chi connectivity index (χ3n) is 4.12. The average molecular weight is 373 g/mol. The van der Waals surface area contributed by atoms with E-state index >= 15 is 0 Å². The van der Waals surface area contributed by atoms with Crippen molar-refractivity contribution in [1.29, 1.82) is 0 Å². The molecule has 4 heterocycles. The number of carbonyl (C=O) groups is 1. The highest BCUT2D eigenvalue weighted by atomic mass is 32.1. The number of nitrogens with zero attached hydrogens (tertiary/aromatic N) is 6. The van der Waals surface area contributed by atoms with E-state index in [4.69, 9.17) is 0 Å². The summed E-state index contributed by atoms with van der Waals surface area (Å²) in [6.07, 6.45) is 4.02. The molecule has 1 amide bonds. The van der Waals surface area contributed by atoms with Gasteiger partial charge in [-0.25, -0.2) is 19.3 Å². The summed E-state index contributed by atoms with van der Waals surface area (Å²) in [7, 11) is 0. The Kier molecular flexibility index (Phi) is 4.33. The van der Waals surface area contributed by atoms with Gasteiger partial charge < -0.3 is 10.2 Å². The number of hydrogen-bond donors (Lipinski definition) is 1. The second-order valence-electron chi connectivity index (χ2n) is 5.96. The summed E-state index contributed by atoms with van der Waals surface area (Å²) in [4.78, 5) is 26.5. The lowest BCUT2D eigenvalue weighted by molar-refractivity contribution is 0.0941. The minimum atomic E-state index is -0.474. The van der Waals surface area contributed by atoms with Crippen LogP contribution in [-0.4, -0.2) is 43.7 Å². The van der Waals surface area contributed by atoms with Crippen LogP contribution in [0.25, 0.3) is 0 Å². The van der Waals surface area contributed by atoms with Crippen LogP contribution in [0.15, 0.2) is 30.0 Å². The van der Waals surface area contributed by atoms with E-state index in [9.17, 15) is 9.18 Å². The molecule has 8 nitrogen and oxygen atoms in total. The summed E-state index contributed by atoms with van der Waals surface area (Å²) in [6, 6.07) is 1.82. The van der Waals surface area contributed by atoms with Crippen molar-refractivity contribution in [2.75, 3.05) is 18.0 Å². The Balaban J connectivity index is 1.49. The van der Waals surface area contributed by atoms with Gasteiger partial charge >= 0.3 is 0 Å². The van der Waals surface area contributed by atoms with Crippen molar-refractivity contribution in [3.63, 3.8) is 0 Å². The molecule has 0 fully saturated rings. The SMILES string of the molecule is Cc1nc(C(=O)NC[C@@H]2CN(c3ncc(F)cn3)Cc3ccnn32)cs1. The monoisotopic (exact) mass is 373 g/mol. The lowest BCUT2D eigenvalue weighted by Crippen LogP contribution is -2.43. The predicted octanol–water partition coefficient (Wildman–Crippen LogP) is 1.57. The number of halogens is 1. The highest BCUT2D eigenvalue weighted by Crippen LogP contribution is 2.23. The van der Waals surface area contributed by atoms with E-state index in [1.165, 1.54) is 11.3 Å². The zero-order valence-electron chi connectivity index (χ0n) is 14.0. The van der Waals surface area contributed by atoms with Crippen LogP contribution >= 0.6 is 11.3 Å². The second-order valence-corrected chi connectivity index (χ2v) is 7.03. The minimum Gasteiger partial charge on any atom is -0.348 e. The van der Waals surface area contributed by atoms with Gasteiger partial charge in [0, 0.05) is 24.7 Å². The van der Waals surface area contributed by atoms with Crippen molar-refractivity contribution in [1.82, 2.24) is 30.0 Å². The molecular formula is C16H16FN7OS. The van der Waals surface area contributed by atoms with Gasteiger partial charge in [-0.05, 0) is 13.0 Å². The number of aromatic nitrogens is 5. The first-order chi connectivity index (χ1) is 12.6. The molecule has 3 aromatic rings. The van der Waals surface area contributed by atoms with E-state index < -0.39 is 5.82 Å². The smallest absolute Gasteiger partial charge is 0.270 e. The van der Waals surface area contributed by atoms with Gasteiger partial charge in [0.25, 0.3) is 5.91 Å². The summed E-state index contributed by atoms with van der Waals surface area (Å²) in [5.41, 5.74) is 1.40. The molecule has 1 aliphatic rings. The van der Waals surface area contributed by atoms with E-state index in [0.29, 0.717) is 31.3 Å². The molecule has 1 atom stereocenters. The first kappa shape index (κ1) is 16.6. The summed E-state index contributed by atoms with van der Waals surface area (Å²) >= 11 is 1.44. The van der Waals surface area contributed by atoms with E-state index in [1.807, 2.05) is 22.6 Å². The zero-order chi connectivity index (χ0) is 18.1. The summed E-state index contributed by atoms with van der Waals surface area (Å²) in [5, 5.41) is 9.86. The Morgan fingerprint density at radius 1 is 1.42 bits per heavy atom. The van der Waals surface area contributed by atoms with Crippen LogP contribution in [0.3, 0.4) is 0 Å². The quantitative estimate of drug-likeness (QED) is 0.747. The normalized spacial score (nSPS) is 16.4. The fourth-order valence-corrected chi connectivity index (χ4v) is 3.52. The molecule has 0 bridgehead atoms. The Morgan fingerprint density at radius 3 is 2.96 bits per heavy atom. The third kappa shape index (κ3) is 3.27. The summed E-state index contributed by atoms with van der Waals surface area (Å²) < 4.78 is 15.0. The Morgan fingerprint density at radius 2 is 2.23 bits per heavy atom. The molecule has 0 spiro atoms. The van der Waals surface area contributed by atoms with Crippen LogP contribution in [0, 0.1) is 12.7 Å². The van der Waals surface area contributed by atoms with Crippen molar-refractivity contribution in [2.24, 2.45) is 0 Å². The van der Waals surface area contributed by atoms with E-state index in [-0.39, 0.29) is 11.9 Å². The lowest BCUT2D eigenvalue weighted by Gasteiger charge is -2.33. The number of thiazole rings is 1. The number of nitrogens with one attached hydrogen (secondary N) is 1. The molecule has 0 unspecified atom stereocenters. The maximum absolute atomic E-state index is 13.1. The molecule has 0 saturated carbocycles. The van der Waals surface area contributed by atoms with E-state index in [1.54, 1.807) is 11.6 Å². The van der Waals surface area contributed by atoms with E-state index in [0.717, 1.165) is 23.1 Å². The van der Waals surface area contributed by atoms with Crippen LogP contribution in [0.5, 0.6) is 0 Å². The molecular weight excluding hydrogens is 357 g/mol. The zero-order valence-corrected chi connectivity index (χ0v) is 14.8. The molecule has 134 valence electrons. The fraction of sp³-hybridized carbons (Fsp3) is 0.312. The predicted molar refractivity (Wildman–Crippen MR) is 93.5 cm³/mol. The molecule has 26 heavy (non-hydrogen) atoms. The second kappa shape index (κ2) is 6.79. The number of carbonyl (C=O) groups excluding carboxylic acids is 1. The van der Waals surface area contributed by atoms with Gasteiger partial charge in [0.05, 0.1) is 35.7 Å². The van der Waals surface area contributed by atoms with E-state index in [2.05, 4.69) is 25.4 Å². The maximum Gasteiger partial charge on any atom is 0.270 e. The average Bonchev–Trinajstić information content (AvgIpc) is 3.28. The van der Waals surface area contributed by atoms with Gasteiger partial charge in [0.2, 0.25) is 5.95 Å². The molecule has 4 rings (SSSR count). The van der Waals surface area contributed by atoms with Crippen molar-refractivity contribution < 1.29 is 9.18 Å². The van der Waals surface area contributed by atoms with Crippen LogP contribution < -0.4 is 10.2 Å². The number of fused-ring (bicyclic) bond motifs is 1. The largest absolute Gasteiger partial charge is 0.348 e. The fourth-order valence-electron chi connectivity index (χ4n) is 2.93. The number of rotatable bonds is 4. The summed E-state index contributed by atoms with van der Waals surface area (Å²) in [6.45, 7) is 3.37. The molecule has 0 aliphatic carbocycles. The first-order valence-corrected chi connectivity index (χ1v) is 8.93. The molecule has 0 aromatic carbocycles. The topological polar surface area (TPSA) is 88.8 Å². The van der Waals surface area contributed by atoms with Crippen molar-refractivity contribution in [2.45, 2.75) is 19.5 Å². The van der Waals surface area contributed by atoms with Crippen molar-refractivity contribution in [3.05, 3.63) is 52.2 Å². The molecule has 3 aromatic heterocycles. The lowest BCUT2D eigenvalue weighted by atomic mass is 10.2. The first-order valence-electron chi connectivity index (χ1n) is 8.05. The van der Waals surface area contributed by atoms with Gasteiger partial charge in [0.1, 0.15) is 5.69 Å². The van der Waals surface area contributed by atoms with Crippen molar-refractivity contribution in [3.8, 4) is 0 Å². The molecule has 1 N–H and O–H groups in total. The van der Waals surface area contributed by atoms with Crippen LogP contribution in [-0.2, 0) is 6.54 Å². The van der Waals surface area contributed by atoms with Gasteiger partial charge in [0.15, 0.2) is 5.82 Å². The number of aryl methyl sites for hydroxylation is 1. The standard InChI is InChI=1S/C16H16FN7OS/c1-10-22-14(9-26-10)15(25)18-6-13-8-23(7-12-2-3-21-24(12)13)16-19-4-11(17)5-20-16/h2-5,9,13H,6-8H2,1H3,(H,18,25)/t13-/m1/s1. The minimum absolute atomic E-state index is 0.0916. The molecule has 0 saturated heterocycles. The van der Waals surface area contributed by atoms with Crippen molar-refractivity contribution >= 4 is 23.2 Å². The molecule has 1 aliphatic heterocycles. The highest BCUT2D eigenvalue weighted by Gasteiger charge is 2.27. The number of amides is 1. The Labute approximate surface area is 152 Å². The maximum atomic E-state index is 13.1. The molecule has 10 heteroatoms. The highest BCUT2D eigenvalue weighted by molar-refractivity contribution is 7.09. The Hall–Kier alpha value is -2.88. The third-order valence-corrected chi connectivity index (χ3v) is 4.90. The molecule has 0 radical (unpaired) electrons. The van der Waals surface area contributed by atoms with Gasteiger partial charge in [-0.1, -0.05) is 0 Å². The number of hydrogen-bond acceptors (Lipinski definition) is 7. The van der Waals surface area contributed by atoms with Gasteiger partial charge in [-0.3, -0.25) is 9.48 Å². The van der Waals surface area contributed by atoms with Gasteiger partial charge in [-0.15, -0.1) is 11.3 Å². The van der Waals surface area contributed by atoms with Crippen LogP contribution in [0.2, 0.25) is 0 Å². The Bertz CT molecular complexity index is 923. The number of anilines is 1. The van der Waals surface area contributed by atoms with Crippen LogP contribution in [0.1, 0.15) is 27.2 Å². The van der Waals surface area contributed by atoms with Gasteiger partial charge in [-0.2, -0.15) is 5.10 Å².